The zero-order valence-corrected chi connectivity index (χ0v) is 22.1. The van der Waals surface area contributed by atoms with Crippen LogP contribution in [0.1, 0.15) is 47.8 Å². The fourth-order valence-electron chi connectivity index (χ4n) is 4.01. The lowest BCUT2D eigenvalue weighted by atomic mass is 9.86. The minimum Gasteiger partial charge on any atom is -0.496 e. The van der Waals surface area contributed by atoms with E-state index in [2.05, 4.69) is 36.2 Å². The van der Waals surface area contributed by atoms with Crippen molar-refractivity contribution in [1.82, 2.24) is 15.5 Å². The Labute approximate surface area is 221 Å². The van der Waals surface area contributed by atoms with Crippen LogP contribution in [-0.4, -0.2) is 40.3 Å². The third kappa shape index (κ3) is 6.08. The Kier molecular flexibility index (Phi) is 7.62. The van der Waals surface area contributed by atoms with Crippen LogP contribution in [0.3, 0.4) is 0 Å². The summed E-state index contributed by atoms with van der Waals surface area (Å²) in [7, 11) is 1.59. The van der Waals surface area contributed by atoms with Gasteiger partial charge in [0, 0.05) is 17.5 Å². The van der Waals surface area contributed by atoms with Gasteiger partial charge < -0.3 is 19.7 Å². The Morgan fingerprint density at radius 3 is 2.32 bits per heavy atom. The first-order valence-corrected chi connectivity index (χ1v) is 12.3. The van der Waals surface area contributed by atoms with E-state index in [1.54, 1.807) is 43.5 Å². The number of aliphatic carboxylic acids is 1. The number of hydrogen-bond acceptors (Lipinski definition) is 6. The van der Waals surface area contributed by atoms with Crippen molar-refractivity contribution in [1.29, 1.82) is 0 Å². The molecule has 1 amide bonds. The molecule has 2 N–H and O–H groups in total. The van der Waals surface area contributed by atoms with Crippen molar-refractivity contribution >= 4 is 11.9 Å². The van der Waals surface area contributed by atoms with E-state index < -0.39 is 17.9 Å². The van der Waals surface area contributed by atoms with Crippen molar-refractivity contribution in [2.75, 3.05) is 7.11 Å². The maximum Gasteiger partial charge on any atom is 0.326 e. The molecule has 3 aromatic carbocycles. The van der Waals surface area contributed by atoms with Crippen molar-refractivity contribution in [2.24, 2.45) is 0 Å². The maximum absolute atomic E-state index is 12.7. The van der Waals surface area contributed by atoms with E-state index in [0.717, 1.165) is 16.7 Å². The van der Waals surface area contributed by atoms with Crippen LogP contribution in [0.2, 0.25) is 0 Å². The summed E-state index contributed by atoms with van der Waals surface area (Å²) in [6.07, 6.45) is 0.124. The topological polar surface area (TPSA) is 115 Å². The fraction of sp³-hybridized carbons (Fsp3) is 0.267. The SMILES string of the molecule is COc1cc(C)ccc1-c1nc(-c2ccc(CC(NC(=O)c3ccc(C(C)(C)C)cc3)C(=O)O)cc2)no1. The second kappa shape index (κ2) is 10.9. The number of aryl methyl sites for hydroxylation is 1. The molecule has 8 nitrogen and oxygen atoms in total. The first-order chi connectivity index (χ1) is 18.0. The number of hydrogen-bond donors (Lipinski definition) is 2. The molecule has 4 aromatic rings. The number of carboxylic acids is 1. The molecule has 4 rings (SSSR count). The Balaban J connectivity index is 1.45. The largest absolute Gasteiger partial charge is 0.496 e. The molecule has 1 atom stereocenters. The molecule has 0 aliphatic rings. The van der Waals surface area contributed by atoms with Crippen LogP contribution >= 0.6 is 0 Å². The number of carboxylic acid groups (broad SMARTS) is 1. The predicted octanol–water partition coefficient (Wildman–Crippen LogP) is 5.44. The Hall–Kier alpha value is -4.46. The average Bonchev–Trinajstić information content (AvgIpc) is 3.38. The van der Waals surface area contributed by atoms with E-state index in [-0.39, 0.29) is 11.8 Å². The van der Waals surface area contributed by atoms with Gasteiger partial charge >= 0.3 is 5.97 Å². The highest BCUT2D eigenvalue weighted by Gasteiger charge is 2.22. The molecule has 8 heteroatoms. The molecule has 0 spiro atoms. The fourth-order valence-corrected chi connectivity index (χ4v) is 4.01. The quantitative estimate of drug-likeness (QED) is 0.322. The van der Waals surface area contributed by atoms with Gasteiger partial charge in [-0.15, -0.1) is 0 Å². The summed E-state index contributed by atoms with van der Waals surface area (Å²) in [4.78, 5) is 29.1. The van der Waals surface area contributed by atoms with Gasteiger partial charge in [0.1, 0.15) is 11.8 Å². The first kappa shape index (κ1) is 26.6. The van der Waals surface area contributed by atoms with Crippen LogP contribution in [0.15, 0.2) is 71.3 Å². The highest BCUT2D eigenvalue weighted by atomic mass is 16.5. The third-order valence-corrected chi connectivity index (χ3v) is 6.28. The summed E-state index contributed by atoms with van der Waals surface area (Å²) >= 11 is 0. The summed E-state index contributed by atoms with van der Waals surface area (Å²) in [5.74, 6) is -0.160. The number of ether oxygens (including phenoxy) is 1. The van der Waals surface area contributed by atoms with Gasteiger partial charge in [0.15, 0.2) is 0 Å². The van der Waals surface area contributed by atoms with Crippen LogP contribution in [0.5, 0.6) is 5.75 Å². The average molecular weight is 514 g/mol. The molecule has 0 bridgehead atoms. The van der Waals surface area contributed by atoms with Crippen molar-refractivity contribution in [2.45, 2.75) is 45.6 Å². The molecule has 0 saturated heterocycles. The van der Waals surface area contributed by atoms with Crippen molar-refractivity contribution in [3.8, 4) is 28.6 Å². The van der Waals surface area contributed by atoms with Crippen LogP contribution < -0.4 is 10.1 Å². The summed E-state index contributed by atoms with van der Waals surface area (Å²) in [5.41, 5.74) is 4.67. The van der Waals surface area contributed by atoms with Crippen LogP contribution in [0.4, 0.5) is 0 Å². The minimum absolute atomic E-state index is 0.0403. The number of carbonyl (C=O) groups is 2. The van der Waals surface area contributed by atoms with Gasteiger partial charge in [0.25, 0.3) is 11.8 Å². The molecule has 38 heavy (non-hydrogen) atoms. The Morgan fingerprint density at radius 1 is 1.03 bits per heavy atom. The highest BCUT2D eigenvalue weighted by Crippen LogP contribution is 2.31. The second-order valence-corrected chi connectivity index (χ2v) is 10.2. The predicted molar refractivity (Wildman–Crippen MR) is 144 cm³/mol. The molecule has 0 fully saturated rings. The lowest BCUT2D eigenvalue weighted by Crippen LogP contribution is -2.42. The first-order valence-electron chi connectivity index (χ1n) is 12.3. The number of carbonyl (C=O) groups excluding carboxylic acids is 1. The zero-order valence-electron chi connectivity index (χ0n) is 22.1. The molecular weight excluding hydrogens is 482 g/mol. The van der Waals surface area contributed by atoms with E-state index in [9.17, 15) is 14.7 Å². The molecule has 1 aromatic heterocycles. The van der Waals surface area contributed by atoms with Gasteiger partial charge in [-0.1, -0.05) is 68.4 Å². The number of nitrogens with one attached hydrogen (secondary N) is 1. The summed E-state index contributed by atoms with van der Waals surface area (Å²) in [6.45, 7) is 8.24. The number of benzene rings is 3. The maximum atomic E-state index is 12.7. The summed E-state index contributed by atoms with van der Waals surface area (Å²) < 4.78 is 10.9. The molecule has 0 saturated carbocycles. The smallest absolute Gasteiger partial charge is 0.326 e. The molecule has 0 aliphatic carbocycles. The normalized spacial score (nSPS) is 12.1. The standard InChI is InChI=1S/C30H31N3O5/c1-18-6-15-23(25(16-18)37-5)28-32-26(33-38-28)20-9-7-19(8-10-20)17-24(29(35)36)31-27(34)21-11-13-22(14-12-21)30(2,3)4/h6-16,24H,17H2,1-5H3,(H,31,34)(H,35,36). The molecule has 196 valence electrons. The van der Waals surface area contributed by atoms with Crippen molar-refractivity contribution in [3.63, 3.8) is 0 Å². The monoisotopic (exact) mass is 513 g/mol. The number of methoxy groups -OCH3 is 1. The third-order valence-electron chi connectivity index (χ3n) is 6.28. The zero-order chi connectivity index (χ0) is 27.4. The highest BCUT2D eigenvalue weighted by molar-refractivity contribution is 5.96. The number of nitrogens with zero attached hydrogens (tertiary/aromatic N) is 2. The van der Waals surface area contributed by atoms with Gasteiger partial charge in [-0.3, -0.25) is 4.79 Å². The van der Waals surface area contributed by atoms with Crippen molar-refractivity contribution in [3.05, 3.63) is 89.0 Å². The van der Waals surface area contributed by atoms with E-state index in [1.165, 1.54) is 0 Å². The molecule has 0 radical (unpaired) electrons. The van der Waals surface area contributed by atoms with E-state index in [0.29, 0.717) is 34.2 Å². The molecule has 1 unspecified atom stereocenters. The molecule has 0 aliphatic heterocycles. The van der Waals surface area contributed by atoms with Crippen LogP contribution in [-0.2, 0) is 16.6 Å². The van der Waals surface area contributed by atoms with Gasteiger partial charge in [-0.05, 0) is 53.3 Å². The van der Waals surface area contributed by atoms with E-state index in [4.69, 9.17) is 9.26 Å². The van der Waals surface area contributed by atoms with Gasteiger partial charge in [0.05, 0.1) is 12.7 Å². The number of amides is 1. The Bertz CT molecular complexity index is 1430. The minimum atomic E-state index is -1.11. The van der Waals surface area contributed by atoms with E-state index >= 15 is 0 Å². The lowest BCUT2D eigenvalue weighted by molar-refractivity contribution is -0.139. The summed E-state index contributed by atoms with van der Waals surface area (Å²) in [5, 5.41) is 16.4. The lowest BCUT2D eigenvalue weighted by Gasteiger charge is -2.19. The summed E-state index contributed by atoms with van der Waals surface area (Å²) in [6, 6.07) is 19.0. The molecule has 1 heterocycles. The van der Waals surface area contributed by atoms with Crippen molar-refractivity contribution < 1.29 is 24.0 Å². The van der Waals surface area contributed by atoms with E-state index in [1.807, 2.05) is 37.3 Å². The van der Waals surface area contributed by atoms with Gasteiger partial charge in [-0.25, -0.2) is 4.79 Å². The Morgan fingerprint density at radius 2 is 1.71 bits per heavy atom. The second-order valence-electron chi connectivity index (χ2n) is 10.2. The van der Waals surface area contributed by atoms with Crippen LogP contribution in [0.25, 0.3) is 22.8 Å². The number of aromatic nitrogens is 2. The van der Waals surface area contributed by atoms with Crippen LogP contribution in [0, 0.1) is 6.92 Å². The number of rotatable bonds is 8. The van der Waals surface area contributed by atoms with Gasteiger partial charge in [0.2, 0.25) is 5.82 Å². The van der Waals surface area contributed by atoms with Gasteiger partial charge in [-0.2, -0.15) is 4.98 Å². The molecular formula is C30H31N3O5.